The zero-order chi connectivity index (χ0) is 12.8. The number of hydrogen-bond acceptors (Lipinski definition) is 4. The predicted octanol–water partition coefficient (Wildman–Crippen LogP) is 1.35. The Balaban J connectivity index is 1.70. The third-order valence-corrected chi connectivity index (χ3v) is 3.14. The summed E-state index contributed by atoms with van der Waals surface area (Å²) in [6, 6.07) is 1.62. The molecule has 5 nitrogen and oxygen atoms in total. The van der Waals surface area contributed by atoms with E-state index in [1.165, 1.54) is 19.0 Å². The minimum Gasteiger partial charge on any atom is -0.398 e. The second-order valence-corrected chi connectivity index (χ2v) is 4.50. The number of aromatic nitrogens is 1. The molecule has 3 N–H and O–H groups in total. The first-order valence-electron chi connectivity index (χ1n) is 6.36. The van der Waals surface area contributed by atoms with Gasteiger partial charge in [0.05, 0.1) is 18.3 Å². The van der Waals surface area contributed by atoms with E-state index < -0.39 is 0 Å². The van der Waals surface area contributed by atoms with Crippen LogP contribution >= 0.6 is 0 Å². The summed E-state index contributed by atoms with van der Waals surface area (Å²) in [6.45, 7) is 1.06. The number of nitrogens with one attached hydrogen (secondary N) is 1. The van der Waals surface area contributed by atoms with Crippen molar-refractivity contribution in [2.24, 2.45) is 0 Å². The van der Waals surface area contributed by atoms with Crippen molar-refractivity contribution in [3.8, 4) is 0 Å². The van der Waals surface area contributed by atoms with E-state index in [-0.39, 0.29) is 5.91 Å². The summed E-state index contributed by atoms with van der Waals surface area (Å²) >= 11 is 0. The molecule has 1 saturated carbocycles. The van der Waals surface area contributed by atoms with Gasteiger partial charge in [0.2, 0.25) is 0 Å². The fourth-order valence-corrected chi connectivity index (χ4v) is 2.14. The Bertz CT molecular complexity index is 403. The molecule has 1 aliphatic carbocycles. The van der Waals surface area contributed by atoms with Gasteiger partial charge >= 0.3 is 0 Å². The molecule has 0 unspecified atom stereocenters. The van der Waals surface area contributed by atoms with Gasteiger partial charge in [-0.25, -0.2) is 0 Å². The van der Waals surface area contributed by atoms with Crippen LogP contribution in [0.3, 0.4) is 0 Å². The lowest BCUT2D eigenvalue weighted by Gasteiger charge is -2.11. The summed E-state index contributed by atoms with van der Waals surface area (Å²) < 4.78 is 5.66. The van der Waals surface area contributed by atoms with Crippen LogP contribution in [0.5, 0.6) is 0 Å². The van der Waals surface area contributed by atoms with Gasteiger partial charge in [-0.05, 0) is 18.9 Å². The number of rotatable bonds is 5. The fourth-order valence-electron chi connectivity index (χ4n) is 2.14. The highest BCUT2D eigenvalue weighted by molar-refractivity contribution is 5.98. The van der Waals surface area contributed by atoms with Gasteiger partial charge in [-0.3, -0.25) is 9.78 Å². The largest absolute Gasteiger partial charge is 0.398 e. The lowest BCUT2D eigenvalue weighted by Crippen LogP contribution is -2.29. The molecule has 5 heteroatoms. The van der Waals surface area contributed by atoms with Gasteiger partial charge in [-0.1, -0.05) is 12.8 Å². The second-order valence-electron chi connectivity index (χ2n) is 4.50. The van der Waals surface area contributed by atoms with Crippen LogP contribution in [-0.2, 0) is 4.74 Å². The zero-order valence-electron chi connectivity index (χ0n) is 10.4. The highest BCUT2D eigenvalue weighted by Crippen LogP contribution is 2.20. The summed E-state index contributed by atoms with van der Waals surface area (Å²) in [7, 11) is 0. The van der Waals surface area contributed by atoms with Crippen LogP contribution in [-0.4, -0.2) is 30.1 Å². The maximum absolute atomic E-state index is 11.8. The van der Waals surface area contributed by atoms with E-state index in [4.69, 9.17) is 10.5 Å². The van der Waals surface area contributed by atoms with Crippen LogP contribution in [0.2, 0.25) is 0 Å². The number of pyridine rings is 1. The number of nitrogens with two attached hydrogens (primary N) is 1. The summed E-state index contributed by atoms with van der Waals surface area (Å²) in [5.74, 6) is -0.198. The minimum absolute atomic E-state index is 0.198. The van der Waals surface area contributed by atoms with Gasteiger partial charge in [0.15, 0.2) is 0 Å². The van der Waals surface area contributed by atoms with E-state index >= 15 is 0 Å². The quantitative estimate of drug-likeness (QED) is 0.772. The fraction of sp³-hybridized carbons (Fsp3) is 0.538. The molecule has 0 atom stereocenters. The maximum atomic E-state index is 11.8. The number of amides is 1. The monoisotopic (exact) mass is 249 g/mol. The normalized spacial score (nSPS) is 15.8. The molecular formula is C13H19N3O2. The average molecular weight is 249 g/mol. The molecule has 98 valence electrons. The van der Waals surface area contributed by atoms with Crippen LogP contribution < -0.4 is 11.1 Å². The van der Waals surface area contributed by atoms with E-state index in [0.29, 0.717) is 30.5 Å². The van der Waals surface area contributed by atoms with E-state index in [1.807, 2.05) is 0 Å². The predicted molar refractivity (Wildman–Crippen MR) is 69.2 cm³/mol. The van der Waals surface area contributed by atoms with Gasteiger partial charge in [0.25, 0.3) is 5.91 Å². The number of nitrogen functional groups attached to an aromatic ring is 1. The molecule has 1 aromatic rings. The lowest BCUT2D eigenvalue weighted by molar-refractivity contribution is 0.0582. The van der Waals surface area contributed by atoms with Gasteiger partial charge in [-0.15, -0.1) is 0 Å². The molecule has 2 rings (SSSR count). The first-order chi connectivity index (χ1) is 8.77. The number of nitrogens with zero attached hydrogens (tertiary/aromatic N) is 1. The summed E-state index contributed by atoms with van der Waals surface area (Å²) in [6.07, 6.45) is 8.21. The molecule has 0 saturated heterocycles. The summed E-state index contributed by atoms with van der Waals surface area (Å²) in [5, 5.41) is 2.78. The standard InChI is InChI=1S/C13H19N3O2/c14-12-5-6-15-9-11(12)13(17)16-7-8-18-10-3-1-2-4-10/h5-6,9-10H,1-4,7-8H2,(H2,14,15)(H,16,17). The van der Waals surface area contributed by atoms with Crippen molar-refractivity contribution in [1.82, 2.24) is 10.3 Å². The molecule has 0 bridgehead atoms. The number of ether oxygens (including phenoxy) is 1. The summed E-state index contributed by atoms with van der Waals surface area (Å²) in [4.78, 5) is 15.7. The van der Waals surface area contributed by atoms with Crippen molar-refractivity contribution in [2.75, 3.05) is 18.9 Å². The first-order valence-corrected chi connectivity index (χ1v) is 6.36. The number of carbonyl (C=O) groups excluding carboxylic acids is 1. The molecule has 0 radical (unpaired) electrons. The molecule has 18 heavy (non-hydrogen) atoms. The smallest absolute Gasteiger partial charge is 0.255 e. The van der Waals surface area contributed by atoms with E-state index in [9.17, 15) is 4.79 Å². The van der Waals surface area contributed by atoms with Crippen molar-refractivity contribution >= 4 is 11.6 Å². The van der Waals surface area contributed by atoms with Crippen molar-refractivity contribution in [1.29, 1.82) is 0 Å². The third-order valence-electron chi connectivity index (χ3n) is 3.14. The van der Waals surface area contributed by atoms with Gasteiger partial charge in [0.1, 0.15) is 0 Å². The maximum Gasteiger partial charge on any atom is 0.255 e. The Hall–Kier alpha value is -1.62. The van der Waals surface area contributed by atoms with Gasteiger partial charge in [0, 0.05) is 24.6 Å². The minimum atomic E-state index is -0.198. The van der Waals surface area contributed by atoms with E-state index in [0.717, 1.165) is 12.8 Å². The Morgan fingerprint density at radius 2 is 2.28 bits per heavy atom. The van der Waals surface area contributed by atoms with Crippen molar-refractivity contribution in [3.63, 3.8) is 0 Å². The zero-order valence-corrected chi connectivity index (χ0v) is 10.4. The van der Waals surface area contributed by atoms with Crippen molar-refractivity contribution in [2.45, 2.75) is 31.8 Å². The molecule has 1 heterocycles. The van der Waals surface area contributed by atoms with Crippen molar-refractivity contribution < 1.29 is 9.53 Å². The van der Waals surface area contributed by atoms with Crippen LogP contribution in [0.25, 0.3) is 0 Å². The Kier molecular flexibility index (Phi) is 4.52. The molecule has 1 aromatic heterocycles. The highest BCUT2D eigenvalue weighted by atomic mass is 16.5. The van der Waals surface area contributed by atoms with Gasteiger partial charge in [-0.2, -0.15) is 0 Å². The first kappa shape index (κ1) is 12.8. The topological polar surface area (TPSA) is 77.2 Å². The molecule has 0 spiro atoms. The average Bonchev–Trinajstić information content (AvgIpc) is 2.88. The molecular weight excluding hydrogens is 230 g/mol. The van der Waals surface area contributed by atoms with Crippen LogP contribution in [0.4, 0.5) is 5.69 Å². The van der Waals surface area contributed by atoms with Crippen LogP contribution in [0.15, 0.2) is 18.5 Å². The Labute approximate surface area is 107 Å². The van der Waals surface area contributed by atoms with Crippen LogP contribution in [0, 0.1) is 0 Å². The number of hydrogen-bond donors (Lipinski definition) is 2. The van der Waals surface area contributed by atoms with E-state index in [1.54, 1.807) is 12.3 Å². The number of anilines is 1. The molecule has 0 aliphatic heterocycles. The second kappa shape index (κ2) is 6.35. The third kappa shape index (κ3) is 3.43. The summed E-state index contributed by atoms with van der Waals surface area (Å²) in [5.41, 5.74) is 6.55. The molecule has 1 aliphatic rings. The number of carbonyl (C=O) groups is 1. The molecule has 1 fully saturated rings. The van der Waals surface area contributed by atoms with Crippen molar-refractivity contribution in [3.05, 3.63) is 24.0 Å². The Morgan fingerprint density at radius 1 is 1.50 bits per heavy atom. The lowest BCUT2D eigenvalue weighted by atomic mass is 10.2. The Morgan fingerprint density at radius 3 is 3.00 bits per heavy atom. The SMILES string of the molecule is Nc1ccncc1C(=O)NCCOC1CCCC1. The van der Waals surface area contributed by atoms with E-state index in [2.05, 4.69) is 10.3 Å². The van der Waals surface area contributed by atoms with Gasteiger partial charge < -0.3 is 15.8 Å². The molecule has 1 amide bonds. The van der Waals surface area contributed by atoms with Crippen LogP contribution in [0.1, 0.15) is 36.0 Å². The highest BCUT2D eigenvalue weighted by Gasteiger charge is 2.15. The molecule has 0 aromatic carbocycles.